The first-order valence-corrected chi connectivity index (χ1v) is 11.1. The zero-order valence-corrected chi connectivity index (χ0v) is 16.9. The maximum atomic E-state index is 3.43. The van der Waals surface area contributed by atoms with E-state index in [-0.39, 0.29) is 0 Å². The third kappa shape index (κ3) is 5.51. The van der Waals surface area contributed by atoms with Crippen molar-refractivity contribution in [2.24, 2.45) is 11.8 Å². The smallest absolute Gasteiger partial charge is 0.0249 e. The molecule has 0 aromatic heterocycles. The van der Waals surface area contributed by atoms with Gasteiger partial charge in [0.2, 0.25) is 0 Å². The Kier molecular flexibility index (Phi) is 7.43. The van der Waals surface area contributed by atoms with E-state index < -0.39 is 0 Å². The third-order valence-corrected chi connectivity index (χ3v) is 6.51. The monoisotopic (exact) mass is 348 g/mol. The van der Waals surface area contributed by atoms with Crippen LogP contribution in [-0.4, -0.2) is 0 Å². The highest BCUT2D eigenvalue weighted by atomic mass is 14.3. The summed E-state index contributed by atoms with van der Waals surface area (Å²) in [6, 6.07) is 9.15. The maximum Gasteiger partial charge on any atom is 0.0249 e. The average molecular weight is 349 g/mol. The largest absolute Gasteiger partial charge is 0.0726 e. The van der Waals surface area contributed by atoms with Crippen molar-refractivity contribution in [1.29, 1.82) is 0 Å². The minimum Gasteiger partial charge on any atom is -0.0726 e. The van der Waals surface area contributed by atoms with Crippen molar-refractivity contribution in [2.75, 3.05) is 0 Å². The fourth-order valence-electron chi connectivity index (χ4n) is 4.86. The molecule has 140 valence electrons. The van der Waals surface area contributed by atoms with Crippen molar-refractivity contribution in [3.05, 3.63) is 47.0 Å². The fourth-order valence-corrected chi connectivity index (χ4v) is 4.86. The van der Waals surface area contributed by atoms with Crippen molar-refractivity contribution in [1.82, 2.24) is 0 Å². The second-order valence-corrected chi connectivity index (χ2v) is 8.54. The molecule has 0 radical (unpaired) electrons. The molecule has 26 heavy (non-hydrogen) atoms. The van der Waals surface area contributed by atoms with E-state index in [0.29, 0.717) is 0 Å². The van der Waals surface area contributed by atoms with Crippen LogP contribution in [0.5, 0.6) is 0 Å². The van der Waals surface area contributed by atoms with Gasteiger partial charge in [0.25, 0.3) is 0 Å². The lowest BCUT2D eigenvalue weighted by Gasteiger charge is -2.28. The molecule has 0 saturated heterocycles. The van der Waals surface area contributed by atoms with Gasteiger partial charge in [-0.1, -0.05) is 69.6 Å². The van der Waals surface area contributed by atoms with Crippen LogP contribution < -0.4 is 0 Å². The minimum atomic E-state index is 0.779. The summed E-state index contributed by atoms with van der Waals surface area (Å²) >= 11 is 0. The van der Waals surface area contributed by atoms with E-state index in [0.717, 1.165) is 17.8 Å². The molecule has 0 spiro atoms. The Hall–Kier alpha value is -1.48. The molecule has 1 fully saturated rings. The first-order valence-electron chi connectivity index (χ1n) is 11.1. The van der Waals surface area contributed by atoms with Gasteiger partial charge in [-0.25, -0.2) is 0 Å². The lowest BCUT2D eigenvalue weighted by molar-refractivity contribution is 0.308. The highest BCUT2D eigenvalue weighted by molar-refractivity contribution is 5.42. The Labute approximate surface area is 161 Å². The van der Waals surface area contributed by atoms with E-state index in [1.54, 1.807) is 0 Å². The van der Waals surface area contributed by atoms with Crippen LogP contribution in [0.15, 0.2) is 35.9 Å². The number of rotatable bonds is 5. The summed E-state index contributed by atoms with van der Waals surface area (Å²) in [5.74, 6) is 9.49. The molecule has 0 N–H and O–H groups in total. The van der Waals surface area contributed by atoms with E-state index in [2.05, 4.69) is 56.0 Å². The van der Waals surface area contributed by atoms with E-state index in [1.165, 1.54) is 87.3 Å². The van der Waals surface area contributed by atoms with Crippen molar-refractivity contribution >= 4 is 0 Å². The Morgan fingerprint density at radius 2 is 1.50 bits per heavy atom. The van der Waals surface area contributed by atoms with Crippen LogP contribution in [0.2, 0.25) is 0 Å². The molecule has 1 saturated carbocycles. The molecule has 0 heterocycles. The quantitative estimate of drug-likeness (QED) is 0.480. The van der Waals surface area contributed by atoms with Crippen molar-refractivity contribution in [3.8, 4) is 11.8 Å². The molecular weight excluding hydrogens is 312 g/mol. The van der Waals surface area contributed by atoms with Gasteiger partial charge in [0.05, 0.1) is 0 Å². The molecule has 0 nitrogen and oxygen atoms in total. The number of hydrogen-bond donors (Lipinski definition) is 0. The molecular formula is C26H36. The van der Waals surface area contributed by atoms with Crippen LogP contribution >= 0.6 is 0 Å². The summed E-state index contributed by atoms with van der Waals surface area (Å²) in [5, 5.41) is 0. The van der Waals surface area contributed by atoms with E-state index in [9.17, 15) is 0 Å². The predicted molar refractivity (Wildman–Crippen MR) is 113 cm³/mol. The third-order valence-electron chi connectivity index (χ3n) is 6.51. The number of allylic oxidation sites excluding steroid dienone is 2. The Balaban J connectivity index is 1.53. The zero-order valence-electron chi connectivity index (χ0n) is 16.9. The molecule has 2 aliphatic carbocycles. The van der Waals surface area contributed by atoms with Gasteiger partial charge in [-0.05, 0) is 86.0 Å². The summed E-state index contributed by atoms with van der Waals surface area (Å²) in [5.41, 5.74) is 4.06. The standard InChI is InChI=1S/C26H36/c1-3-5-21-7-9-23(10-8-21)11-12-24-15-19-26(20-16-24)25-17-13-22(6-4-2)14-18-25/h9,15-16,19-22,25H,3-8,10,13-14,17-18H2,1-2H3. The van der Waals surface area contributed by atoms with Gasteiger partial charge < -0.3 is 0 Å². The van der Waals surface area contributed by atoms with Gasteiger partial charge in [-0.3, -0.25) is 0 Å². The molecule has 0 aliphatic heterocycles. The van der Waals surface area contributed by atoms with Gasteiger partial charge in [0.15, 0.2) is 0 Å². The molecule has 3 rings (SSSR count). The molecule has 0 amide bonds. The Morgan fingerprint density at radius 3 is 2.12 bits per heavy atom. The summed E-state index contributed by atoms with van der Waals surface area (Å²) in [6.45, 7) is 4.61. The molecule has 0 bridgehead atoms. The second kappa shape index (κ2) is 10.0. The van der Waals surface area contributed by atoms with Gasteiger partial charge in [-0.15, -0.1) is 0 Å². The Morgan fingerprint density at radius 1 is 0.808 bits per heavy atom. The number of hydrogen-bond acceptors (Lipinski definition) is 0. The normalized spacial score (nSPS) is 25.9. The van der Waals surface area contributed by atoms with Gasteiger partial charge >= 0.3 is 0 Å². The van der Waals surface area contributed by atoms with E-state index in [1.807, 2.05) is 0 Å². The van der Waals surface area contributed by atoms with Crippen LogP contribution in [0.3, 0.4) is 0 Å². The summed E-state index contributed by atoms with van der Waals surface area (Å²) in [6.07, 6.45) is 17.2. The van der Waals surface area contributed by atoms with Crippen LogP contribution in [0.1, 0.15) is 102 Å². The molecule has 0 heteroatoms. The first kappa shape index (κ1) is 19.3. The van der Waals surface area contributed by atoms with E-state index >= 15 is 0 Å². The Bertz CT molecular complexity index is 629. The molecule has 1 atom stereocenters. The zero-order chi connectivity index (χ0) is 18.2. The highest BCUT2D eigenvalue weighted by Gasteiger charge is 2.21. The second-order valence-electron chi connectivity index (χ2n) is 8.54. The van der Waals surface area contributed by atoms with Gasteiger partial charge in [0.1, 0.15) is 0 Å². The summed E-state index contributed by atoms with van der Waals surface area (Å²) in [4.78, 5) is 0. The number of benzene rings is 1. The lowest BCUT2D eigenvalue weighted by atomic mass is 9.77. The van der Waals surface area contributed by atoms with Crippen molar-refractivity contribution in [2.45, 2.75) is 90.4 Å². The van der Waals surface area contributed by atoms with E-state index in [4.69, 9.17) is 0 Å². The fraction of sp³-hybridized carbons (Fsp3) is 0.615. The van der Waals surface area contributed by atoms with Crippen LogP contribution in [0, 0.1) is 23.7 Å². The minimum absolute atomic E-state index is 0.779. The summed E-state index contributed by atoms with van der Waals surface area (Å²) in [7, 11) is 0. The maximum absolute atomic E-state index is 3.43. The molecule has 1 aromatic carbocycles. The van der Waals surface area contributed by atoms with Crippen LogP contribution in [0.25, 0.3) is 0 Å². The SMILES string of the molecule is CCCC1CC=C(C#Cc2ccc(C3CCC(CCC)CC3)cc2)CC1. The van der Waals surface area contributed by atoms with Crippen molar-refractivity contribution in [3.63, 3.8) is 0 Å². The molecule has 1 unspecified atom stereocenters. The molecule has 2 aliphatic rings. The first-order chi connectivity index (χ1) is 12.8. The lowest BCUT2D eigenvalue weighted by Crippen LogP contribution is -2.13. The topological polar surface area (TPSA) is 0 Å². The van der Waals surface area contributed by atoms with Crippen LogP contribution in [0.4, 0.5) is 0 Å². The summed E-state index contributed by atoms with van der Waals surface area (Å²) < 4.78 is 0. The molecule has 1 aromatic rings. The van der Waals surface area contributed by atoms with Gasteiger partial charge in [0, 0.05) is 5.56 Å². The van der Waals surface area contributed by atoms with Crippen LogP contribution in [-0.2, 0) is 0 Å². The predicted octanol–water partition coefficient (Wildman–Crippen LogP) is 7.64. The van der Waals surface area contributed by atoms with Crippen molar-refractivity contribution < 1.29 is 0 Å². The van der Waals surface area contributed by atoms with Gasteiger partial charge in [-0.2, -0.15) is 0 Å². The highest BCUT2D eigenvalue weighted by Crippen LogP contribution is 2.37. The average Bonchev–Trinajstić information content (AvgIpc) is 2.69.